The van der Waals surface area contributed by atoms with Gasteiger partial charge in [-0.2, -0.15) is 0 Å². The van der Waals surface area contributed by atoms with Gasteiger partial charge in [-0.05, 0) is 30.7 Å². The van der Waals surface area contributed by atoms with E-state index in [-0.39, 0.29) is 0 Å². The monoisotopic (exact) mass is 284 g/mol. The SMILES string of the molecule is CCCc1c(-c2ccccc2C2CCC2)[nH]cnc1=S. The molecule has 2 nitrogen and oxygen atoms in total. The second-order valence-corrected chi connectivity index (χ2v) is 5.91. The lowest BCUT2D eigenvalue weighted by molar-refractivity contribution is 0.420. The van der Waals surface area contributed by atoms with Crippen molar-refractivity contribution in [2.24, 2.45) is 0 Å². The summed E-state index contributed by atoms with van der Waals surface area (Å²) >= 11 is 5.43. The van der Waals surface area contributed by atoms with Crippen molar-refractivity contribution in [3.05, 3.63) is 46.4 Å². The molecular formula is C17H20N2S. The molecule has 1 saturated carbocycles. The van der Waals surface area contributed by atoms with Crippen LogP contribution in [0.15, 0.2) is 30.6 Å². The van der Waals surface area contributed by atoms with Crippen molar-refractivity contribution >= 4 is 12.2 Å². The number of rotatable bonds is 4. The fourth-order valence-electron chi connectivity index (χ4n) is 2.95. The number of aromatic nitrogens is 2. The summed E-state index contributed by atoms with van der Waals surface area (Å²) in [7, 11) is 0. The zero-order chi connectivity index (χ0) is 13.9. The number of H-pyrrole nitrogens is 1. The van der Waals surface area contributed by atoms with Gasteiger partial charge < -0.3 is 4.98 Å². The first-order valence-electron chi connectivity index (χ1n) is 7.47. The highest BCUT2D eigenvalue weighted by atomic mass is 32.1. The fraction of sp³-hybridized carbons (Fsp3) is 0.412. The van der Waals surface area contributed by atoms with Gasteiger partial charge in [-0.3, -0.25) is 0 Å². The summed E-state index contributed by atoms with van der Waals surface area (Å²) in [5.74, 6) is 0.718. The molecule has 1 N–H and O–H groups in total. The number of benzene rings is 1. The first kappa shape index (κ1) is 13.5. The Morgan fingerprint density at radius 3 is 2.80 bits per heavy atom. The van der Waals surface area contributed by atoms with Crippen molar-refractivity contribution in [3.63, 3.8) is 0 Å². The predicted molar refractivity (Wildman–Crippen MR) is 85.4 cm³/mol. The van der Waals surface area contributed by atoms with E-state index in [2.05, 4.69) is 41.2 Å². The van der Waals surface area contributed by atoms with Crippen LogP contribution in [0.4, 0.5) is 0 Å². The molecule has 0 spiro atoms. The molecule has 1 aromatic carbocycles. The molecule has 0 atom stereocenters. The molecule has 1 aliphatic carbocycles. The molecule has 1 fully saturated rings. The van der Waals surface area contributed by atoms with E-state index in [0.29, 0.717) is 0 Å². The maximum absolute atomic E-state index is 5.43. The van der Waals surface area contributed by atoms with Crippen LogP contribution >= 0.6 is 12.2 Å². The second kappa shape index (κ2) is 5.88. The van der Waals surface area contributed by atoms with Crippen LogP contribution in [0, 0.1) is 4.64 Å². The Bertz CT molecular complexity index is 656. The van der Waals surface area contributed by atoms with E-state index in [9.17, 15) is 0 Å². The fourth-order valence-corrected chi connectivity index (χ4v) is 3.21. The lowest BCUT2D eigenvalue weighted by Crippen LogP contribution is -2.10. The zero-order valence-electron chi connectivity index (χ0n) is 11.9. The molecule has 3 heteroatoms. The Labute approximate surface area is 125 Å². The summed E-state index contributed by atoms with van der Waals surface area (Å²) in [4.78, 5) is 7.60. The van der Waals surface area contributed by atoms with Crippen molar-refractivity contribution in [1.82, 2.24) is 9.97 Å². The van der Waals surface area contributed by atoms with Gasteiger partial charge in [0.15, 0.2) is 0 Å². The quantitative estimate of drug-likeness (QED) is 0.798. The minimum Gasteiger partial charge on any atom is -0.346 e. The summed E-state index contributed by atoms with van der Waals surface area (Å²) in [6, 6.07) is 8.75. The molecule has 0 unspecified atom stereocenters. The molecule has 1 heterocycles. The Kier molecular flexibility index (Phi) is 3.97. The highest BCUT2D eigenvalue weighted by Gasteiger charge is 2.23. The van der Waals surface area contributed by atoms with E-state index < -0.39 is 0 Å². The molecule has 0 aliphatic heterocycles. The molecule has 0 bridgehead atoms. The summed E-state index contributed by atoms with van der Waals surface area (Å²) < 4.78 is 0.740. The van der Waals surface area contributed by atoms with Crippen LogP contribution in [-0.4, -0.2) is 9.97 Å². The maximum atomic E-state index is 5.43. The molecule has 2 aromatic rings. The van der Waals surface area contributed by atoms with Crippen LogP contribution in [0.1, 0.15) is 49.7 Å². The molecule has 104 valence electrons. The molecular weight excluding hydrogens is 264 g/mol. The minimum atomic E-state index is 0.718. The third-order valence-electron chi connectivity index (χ3n) is 4.23. The van der Waals surface area contributed by atoms with Gasteiger partial charge in [-0.1, -0.05) is 56.2 Å². The van der Waals surface area contributed by atoms with Gasteiger partial charge in [0.2, 0.25) is 0 Å². The van der Waals surface area contributed by atoms with Crippen molar-refractivity contribution in [3.8, 4) is 11.3 Å². The Balaban J connectivity index is 2.13. The van der Waals surface area contributed by atoms with E-state index in [0.717, 1.165) is 23.4 Å². The van der Waals surface area contributed by atoms with Gasteiger partial charge in [0.25, 0.3) is 0 Å². The van der Waals surface area contributed by atoms with E-state index in [1.54, 1.807) is 6.33 Å². The lowest BCUT2D eigenvalue weighted by atomic mass is 9.77. The smallest absolute Gasteiger partial charge is 0.133 e. The molecule has 0 radical (unpaired) electrons. The van der Waals surface area contributed by atoms with Crippen LogP contribution in [0.5, 0.6) is 0 Å². The summed E-state index contributed by atoms with van der Waals surface area (Å²) in [6.45, 7) is 2.18. The van der Waals surface area contributed by atoms with Crippen LogP contribution < -0.4 is 0 Å². The number of hydrogen-bond donors (Lipinski definition) is 1. The number of hydrogen-bond acceptors (Lipinski definition) is 2. The third kappa shape index (κ3) is 2.42. The molecule has 0 amide bonds. The highest BCUT2D eigenvalue weighted by Crippen LogP contribution is 2.41. The molecule has 20 heavy (non-hydrogen) atoms. The van der Waals surface area contributed by atoms with E-state index >= 15 is 0 Å². The molecule has 3 rings (SSSR count). The van der Waals surface area contributed by atoms with E-state index in [4.69, 9.17) is 12.2 Å². The predicted octanol–water partition coefficient (Wildman–Crippen LogP) is 5.03. The second-order valence-electron chi connectivity index (χ2n) is 5.53. The molecule has 1 aliphatic rings. The Hall–Kier alpha value is -1.48. The Morgan fingerprint density at radius 2 is 2.10 bits per heavy atom. The molecule has 1 aromatic heterocycles. The van der Waals surface area contributed by atoms with Gasteiger partial charge in [0.1, 0.15) is 4.64 Å². The number of nitrogens with one attached hydrogen (secondary N) is 1. The topological polar surface area (TPSA) is 28.7 Å². The lowest BCUT2D eigenvalue weighted by Gasteiger charge is -2.28. The van der Waals surface area contributed by atoms with E-state index in [1.165, 1.54) is 41.6 Å². The van der Waals surface area contributed by atoms with Gasteiger partial charge in [-0.25, -0.2) is 4.98 Å². The van der Waals surface area contributed by atoms with Crippen molar-refractivity contribution in [2.45, 2.75) is 44.9 Å². The van der Waals surface area contributed by atoms with Gasteiger partial charge in [0, 0.05) is 11.1 Å². The van der Waals surface area contributed by atoms with Gasteiger partial charge in [-0.15, -0.1) is 0 Å². The van der Waals surface area contributed by atoms with Crippen LogP contribution in [0.25, 0.3) is 11.3 Å². The first-order chi connectivity index (χ1) is 9.81. The average Bonchev–Trinajstić information content (AvgIpc) is 2.40. The number of aromatic amines is 1. The Morgan fingerprint density at radius 1 is 1.30 bits per heavy atom. The van der Waals surface area contributed by atoms with Crippen molar-refractivity contribution in [1.29, 1.82) is 0 Å². The maximum Gasteiger partial charge on any atom is 0.133 e. The largest absolute Gasteiger partial charge is 0.346 e. The normalized spacial score (nSPS) is 15.1. The average molecular weight is 284 g/mol. The first-order valence-corrected chi connectivity index (χ1v) is 7.88. The zero-order valence-corrected chi connectivity index (χ0v) is 12.7. The summed E-state index contributed by atoms with van der Waals surface area (Å²) in [5.41, 5.74) is 5.15. The van der Waals surface area contributed by atoms with Crippen molar-refractivity contribution in [2.75, 3.05) is 0 Å². The standard InChI is InChI=1S/C17H20N2S/c1-2-6-15-16(18-11-19-17(15)20)14-10-4-3-9-13(14)12-7-5-8-12/h3-4,9-12H,2,5-8H2,1H3,(H,18,19,20). The highest BCUT2D eigenvalue weighted by molar-refractivity contribution is 7.71. The number of nitrogens with zero attached hydrogens (tertiary/aromatic N) is 1. The molecule has 0 saturated heterocycles. The van der Waals surface area contributed by atoms with Crippen molar-refractivity contribution < 1.29 is 0 Å². The van der Waals surface area contributed by atoms with Gasteiger partial charge >= 0.3 is 0 Å². The summed E-state index contributed by atoms with van der Waals surface area (Å²) in [6.07, 6.45) is 7.78. The third-order valence-corrected chi connectivity index (χ3v) is 4.58. The minimum absolute atomic E-state index is 0.718. The van der Waals surface area contributed by atoms with Crippen LogP contribution in [0.2, 0.25) is 0 Å². The van der Waals surface area contributed by atoms with Crippen LogP contribution in [-0.2, 0) is 6.42 Å². The van der Waals surface area contributed by atoms with E-state index in [1.807, 2.05) is 0 Å². The summed E-state index contributed by atoms with van der Waals surface area (Å²) in [5, 5.41) is 0. The van der Waals surface area contributed by atoms with Gasteiger partial charge in [0.05, 0.1) is 12.0 Å². The van der Waals surface area contributed by atoms with Crippen LogP contribution in [0.3, 0.4) is 0 Å².